The lowest BCUT2D eigenvalue weighted by molar-refractivity contribution is -0.124. The fourth-order valence-electron chi connectivity index (χ4n) is 3.16. The summed E-state index contributed by atoms with van der Waals surface area (Å²) in [6, 6.07) is 9.39. The van der Waals surface area contributed by atoms with E-state index in [4.69, 9.17) is 5.73 Å². The van der Waals surface area contributed by atoms with Gasteiger partial charge in [0.25, 0.3) is 0 Å². The molecule has 0 heterocycles. The van der Waals surface area contributed by atoms with Crippen LogP contribution in [0.25, 0.3) is 0 Å². The van der Waals surface area contributed by atoms with Crippen molar-refractivity contribution in [2.75, 3.05) is 13.1 Å². The minimum atomic E-state index is -0.657. The number of carbonyl (C=O) groups excluding carboxylic acids is 1. The third-order valence-electron chi connectivity index (χ3n) is 4.56. The van der Waals surface area contributed by atoms with Crippen molar-refractivity contribution >= 4 is 5.91 Å². The Morgan fingerprint density at radius 3 is 2.52 bits per heavy atom. The molecule has 4 nitrogen and oxygen atoms in total. The highest BCUT2D eigenvalue weighted by Gasteiger charge is 2.32. The topological polar surface area (TPSA) is 75.4 Å². The normalized spacial score (nSPS) is 19.0. The van der Waals surface area contributed by atoms with Gasteiger partial charge in [0.05, 0.1) is 6.10 Å². The number of aliphatic hydroxyl groups excluding tert-OH is 1. The maximum absolute atomic E-state index is 12.1. The number of hydrogen-bond donors (Lipinski definition) is 3. The van der Waals surface area contributed by atoms with Crippen molar-refractivity contribution in [3.05, 3.63) is 35.9 Å². The monoisotopic (exact) mass is 290 g/mol. The van der Waals surface area contributed by atoms with Crippen molar-refractivity contribution in [2.45, 2.75) is 44.6 Å². The number of hydrogen-bond acceptors (Lipinski definition) is 3. The molecule has 1 unspecified atom stereocenters. The molecule has 1 atom stereocenters. The van der Waals surface area contributed by atoms with Crippen LogP contribution in [-0.2, 0) is 4.79 Å². The molecule has 0 radical (unpaired) electrons. The maximum Gasteiger partial charge on any atom is 0.220 e. The molecule has 116 valence electrons. The van der Waals surface area contributed by atoms with Crippen molar-refractivity contribution in [2.24, 2.45) is 11.1 Å². The Balaban J connectivity index is 1.81. The van der Waals surface area contributed by atoms with Gasteiger partial charge < -0.3 is 16.2 Å². The fraction of sp³-hybridized carbons (Fsp3) is 0.588. The van der Waals surface area contributed by atoms with E-state index in [0.717, 1.165) is 31.2 Å². The minimum absolute atomic E-state index is 0.00247. The van der Waals surface area contributed by atoms with E-state index in [1.54, 1.807) is 0 Å². The van der Waals surface area contributed by atoms with Crippen molar-refractivity contribution in [1.82, 2.24) is 5.32 Å². The molecule has 4 N–H and O–H groups in total. The van der Waals surface area contributed by atoms with Crippen LogP contribution in [0.4, 0.5) is 0 Å². The number of amides is 1. The Morgan fingerprint density at radius 1 is 1.24 bits per heavy atom. The van der Waals surface area contributed by atoms with Gasteiger partial charge in [-0.05, 0) is 30.4 Å². The average molecular weight is 290 g/mol. The van der Waals surface area contributed by atoms with E-state index in [2.05, 4.69) is 5.32 Å². The summed E-state index contributed by atoms with van der Waals surface area (Å²) >= 11 is 0. The van der Waals surface area contributed by atoms with Gasteiger partial charge in [0.2, 0.25) is 5.91 Å². The van der Waals surface area contributed by atoms with Gasteiger partial charge in [0.15, 0.2) is 0 Å². The summed E-state index contributed by atoms with van der Waals surface area (Å²) in [6.45, 7) is 0.825. The third kappa shape index (κ3) is 4.55. The van der Waals surface area contributed by atoms with Crippen molar-refractivity contribution < 1.29 is 9.90 Å². The van der Waals surface area contributed by atoms with Gasteiger partial charge in [-0.15, -0.1) is 0 Å². The second-order valence-corrected chi connectivity index (χ2v) is 6.17. The number of carbonyl (C=O) groups is 1. The summed E-state index contributed by atoms with van der Waals surface area (Å²) in [5, 5.41) is 12.9. The molecule has 0 bridgehead atoms. The van der Waals surface area contributed by atoms with E-state index in [-0.39, 0.29) is 17.9 Å². The molecule has 0 spiro atoms. The second-order valence-electron chi connectivity index (χ2n) is 6.17. The molecule has 1 aromatic carbocycles. The lowest BCUT2D eigenvalue weighted by Crippen LogP contribution is -2.39. The molecular weight excluding hydrogens is 264 g/mol. The van der Waals surface area contributed by atoms with Crippen LogP contribution in [0.2, 0.25) is 0 Å². The molecule has 1 aromatic rings. The number of benzene rings is 1. The summed E-state index contributed by atoms with van der Waals surface area (Å²) in [4.78, 5) is 12.1. The fourth-order valence-corrected chi connectivity index (χ4v) is 3.16. The van der Waals surface area contributed by atoms with Crippen LogP contribution < -0.4 is 11.1 Å². The smallest absolute Gasteiger partial charge is 0.220 e. The van der Waals surface area contributed by atoms with Crippen LogP contribution >= 0.6 is 0 Å². The molecule has 1 saturated carbocycles. The maximum atomic E-state index is 12.1. The molecule has 0 saturated heterocycles. The van der Waals surface area contributed by atoms with E-state index in [1.807, 2.05) is 30.3 Å². The second kappa shape index (κ2) is 7.57. The quantitative estimate of drug-likeness (QED) is 0.751. The molecule has 2 rings (SSSR count). The number of rotatable bonds is 6. The Bertz CT molecular complexity index is 441. The highest BCUT2D eigenvalue weighted by Crippen LogP contribution is 2.38. The predicted octanol–water partition coefficient (Wildman–Crippen LogP) is 2.14. The van der Waals surface area contributed by atoms with Crippen LogP contribution in [0.3, 0.4) is 0 Å². The zero-order chi connectivity index (χ0) is 15.1. The van der Waals surface area contributed by atoms with E-state index in [0.29, 0.717) is 13.0 Å². The van der Waals surface area contributed by atoms with Gasteiger partial charge in [0.1, 0.15) is 0 Å². The molecule has 1 fully saturated rings. The summed E-state index contributed by atoms with van der Waals surface area (Å²) in [5.74, 6) is -0.00247. The molecule has 1 aliphatic rings. The van der Waals surface area contributed by atoms with Gasteiger partial charge in [-0.1, -0.05) is 49.6 Å². The van der Waals surface area contributed by atoms with Gasteiger partial charge in [-0.25, -0.2) is 0 Å². The average Bonchev–Trinajstić information content (AvgIpc) is 2.54. The molecule has 1 amide bonds. The number of nitrogens with two attached hydrogens (primary N) is 1. The van der Waals surface area contributed by atoms with Crippen LogP contribution in [0.15, 0.2) is 30.3 Å². The first-order valence-corrected chi connectivity index (χ1v) is 7.85. The lowest BCUT2D eigenvalue weighted by Gasteiger charge is -2.35. The summed E-state index contributed by atoms with van der Waals surface area (Å²) in [6.07, 6.45) is 5.47. The molecule has 0 aromatic heterocycles. The van der Waals surface area contributed by atoms with E-state index >= 15 is 0 Å². The van der Waals surface area contributed by atoms with Crippen molar-refractivity contribution in [1.29, 1.82) is 0 Å². The van der Waals surface area contributed by atoms with Gasteiger partial charge in [-0.2, -0.15) is 0 Å². The zero-order valence-electron chi connectivity index (χ0n) is 12.6. The lowest BCUT2D eigenvalue weighted by atomic mass is 9.71. The molecule has 21 heavy (non-hydrogen) atoms. The first-order valence-electron chi connectivity index (χ1n) is 7.85. The third-order valence-corrected chi connectivity index (χ3v) is 4.56. The Labute approximate surface area is 126 Å². The summed E-state index contributed by atoms with van der Waals surface area (Å²) in [7, 11) is 0. The zero-order valence-corrected chi connectivity index (χ0v) is 12.6. The van der Waals surface area contributed by atoms with Gasteiger partial charge in [-0.3, -0.25) is 4.79 Å². The minimum Gasteiger partial charge on any atom is -0.387 e. The van der Waals surface area contributed by atoms with Gasteiger partial charge in [0, 0.05) is 13.0 Å². The van der Waals surface area contributed by atoms with Crippen LogP contribution in [0.5, 0.6) is 0 Å². The van der Waals surface area contributed by atoms with E-state index < -0.39 is 6.10 Å². The van der Waals surface area contributed by atoms with Crippen molar-refractivity contribution in [3.8, 4) is 0 Å². The molecule has 0 aliphatic heterocycles. The van der Waals surface area contributed by atoms with Crippen LogP contribution in [0, 0.1) is 5.41 Å². The highest BCUT2D eigenvalue weighted by atomic mass is 16.3. The molecular formula is C17H26N2O2. The van der Waals surface area contributed by atoms with Crippen molar-refractivity contribution in [3.63, 3.8) is 0 Å². The Morgan fingerprint density at radius 2 is 1.90 bits per heavy atom. The molecule has 1 aliphatic carbocycles. The highest BCUT2D eigenvalue weighted by molar-refractivity contribution is 5.76. The molecule has 4 heteroatoms. The Kier molecular flexibility index (Phi) is 5.76. The first-order chi connectivity index (χ1) is 10.2. The first kappa shape index (κ1) is 16.0. The van der Waals surface area contributed by atoms with E-state index in [9.17, 15) is 9.90 Å². The van der Waals surface area contributed by atoms with E-state index in [1.165, 1.54) is 6.42 Å². The predicted molar refractivity (Wildman–Crippen MR) is 83.6 cm³/mol. The SMILES string of the molecule is NCC1(CC(=O)NCC(O)c2ccccc2)CCCCC1. The largest absolute Gasteiger partial charge is 0.387 e. The number of aliphatic hydroxyl groups is 1. The number of nitrogens with one attached hydrogen (secondary N) is 1. The summed E-state index contributed by atoms with van der Waals surface area (Å²) < 4.78 is 0. The Hall–Kier alpha value is -1.39. The standard InChI is InChI=1S/C17H26N2O2/c18-13-17(9-5-2-6-10-17)11-16(21)19-12-15(20)14-7-3-1-4-8-14/h1,3-4,7-8,15,20H,2,5-6,9-13,18H2,(H,19,21). The van der Waals surface area contributed by atoms with Crippen LogP contribution in [-0.4, -0.2) is 24.1 Å². The summed E-state index contributed by atoms with van der Waals surface area (Å²) in [5.41, 5.74) is 6.70. The van der Waals surface area contributed by atoms with Crippen LogP contribution in [0.1, 0.15) is 50.2 Å². The van der Waals surface area contributed by atoms with Gasteiger partial charge >= 0.3 is 0 Å².